The summed E-state index contributed by atoms with van der Waals surface area (Å²) in [7, 11) is 0. The van der Waals surface area contributed by atoms with Gasteiger partial charge < -0.3 is 14.8 Å². The Kier molecular flexibility index (Phi) is 8.32. The molecule has 0 radical (unpaired) electrons. The van der Waals surface area contributed by atoms with Crippen molar-refractivity contribution in [2.75, 3.05) is 25.1 Å². The SMILES string of the molecule is CCOC(=O)Nc1cccc(C(=O)OCC(=O)NCCC(C)C)c1. The number of nitrogens with one attached hydrogen (secondary N) is 2. The highest BCUT2D eigenvalue weighted by atomic mass is 16.5. The monoisotopic (exact) mass is 336 g/mol. The van der Waals surface area contributed by atoms with Gasteiger partial charge in [0.1, 0.15) is 0 Å². The maximum absolute atomic E-state index is 11.9. The number of carbonyl (C=O) groups is 3. The number of rotatable bonds is 8. The lowest BCUT2D eigenvalue weighted by Crippen LogP contribution is -2.30. The topological polar surface area (TPSA) is 93.7 Å². The predicted octanol–water partition coefficient (Wildman–Crippen LogP) is 2.57. The minimum Gasteiger partial charge on any atom is -0.452 e. The lowest BCUT2D eigenvalue weighted by Gasteiger charge is -2.09. The molecule has 0 saturated heterocycles. The van der Waals surface area contributed by atoms with Crippen molar-refractivity contribution >= 4 is 23.7 Å². The molecule has 7 nitrogen and oxygen atoms in total. The van der Waals surface area contributed by atoms with Crippen LogP contribution in [0.2, 0.25) is 0 Å². The Balaban J connectivity index is 2.47. The average Bonchev–Trinajstić information content (AvgIpc) is 2.52. The Morgan fingerprint density at radius 2 is 1.92 bits per heavy atom. The molecule has 0 aliphatic heterocycles. The van der Waals surface area contributed by atoms with Gasteiger partial charge in [-0.05, 0) is 37.5 Å². The zero-order valence-electron chi connectivity index (χ0n) is 14.3. The molecule has 0 aliphatic rings. The second-order valence-electron chi connectivity index (χ2n) is 5.53. The Morgan fingerprint density at radius 1 is 1.17 bits per heavy atom. The number of ether oxygens (including phenoxy) is 2. The summed E-state index contributed by atoms with van der Waals surface area (Å²) >= 11 is 0. The summed E-state index contributed by atoms with van der Waals surface area (Å²) in [5.74, 6) is -0.492. The van der Waals surface area contributed by atoms with Gasteiger partial charge in [0.2, 0.25) is 0 Å². The summed E-state index contributed by atoms with van der Waals surface area (Å²) in [6, 6.07) is 6.21. The van der Waals surface area contributed by atoms with Gasteiger partial charge in [-0.25, -0.2) is 9.59 Å². The second kappa shape index (κ2) is 10.3. The zero-order valence-corrected chi connectivity index (χ0v) is 14.3. The van der Waals surface area contributed by atoms with Crippen LogP contribution in [-0.4, -0.2) is 37.7 Å². The molecule has 1 rings (SSSR count). The van der Waals surface area contributed by atoms with Crippen LogP contribution in [0.25, 0.3) is 0 Å². The van der Waals surface area contributed by atoms with Crippen LogP contribution in [0.15, 0.2) is 24.3 Å². The van der Waals surface area contributed by atoms with Gasteiger partial charge in [0, 0.05) is 12.2 Å². The van der Waals surface area contributed by atoms with E-state index in [1.165, 1.54) is 12.1 Å². The van der Waals surface area contributed by atoms with E-state index in [1.54, 1.807) is 19.1 Å². The Hall–Kier alpha value is -2.57. The molecule has 7 heteroatoms. The smallest absolute Gasteiger partial charge is 0.411 e. The highest BCUT2D eigenvalue weighted by Gasteiger charge is 2.11. The van der Waals surface area contributed by atoms with E-state index in [2.05, 4.69) is 24.5 Å². The minimum atomic E-state index is -0.637. The van der Waals surface area contributed by atoms with E-state index in [1.807, 2.05) is 0 Å². The molecule has 0 fully saturated rings. The Morgan fingerprint density at radius 3 is 2.58 bits per heavy atom. The van der Waals surface area contributed by atoms with E-state index in [-0.39, 0.29) is 24.7 Å². The van der Waals surface area contributed by atoms with Crippen molar-refractivity contribution in [3.05, 3.63) is 29.8 Å². The van der Waals surface area contributed by atoms with Gasteiger partial charge in [-0.2, -0.15) is 0 Å². The third kappa shape index (κ3) is 7.62. The number of carbonyl (C=O) groups excluding carboxylic acids is 3. The lowest BCUT2D eigenvalue weighted by atomic mass is 10.1. The first-order chi connectivity index (χ1) is 11.4. The van der Waals surface area contributed by atoms with Gasteiger partial charge in [-0.1, -0.05) is 19.9 Å². The number of anilines is 1. The molecular formula is C17H24N2O5. The van der Waals surface area contributed by atoms with Crippen molar-refractivity contribution in [2.45, 2.75) is 27.2 Å². The number of esters is 1. The first-order valence-corrected chi connectivity index (χ1v) is 7.90. The fourth-order valence-corrected chi connectivity index (χ4v) is 1.77. The molecule has 2 N–H and O–H groups in total. The van der Waals surface area contributed by atoms with Gasteiger partial charge in [0.05, 0.1) is 12.2 Å². The molecule has 0 heterocycles. The standard InChI is InChI=1S/C17H24N2O5/c1-4-23-17(22)19-14-7-5-6-13(10-14)16(21)24-11-15(20)18-9-8-12(2)3/h5-7,10,12H,4,8-9,11H2,1-3H3,(H,18,20)(H,19,22). The molecule has 1 aromatic rings. The van der Waals surface area contributed by atoms with E-state index >= 15 is 0 Å². The van der Waals surface area contributed by atoms with Gasteiger partial charge in [-0.15, -0.1) is 0 Å². The van der Waals surface area contributed by atoms with Crippen LogP contribution >= 0.6 is 0 Å². The normalized spacial score (nSPS) is 10.2. The van der Waals surface area contributed by atoms with Crippen LogP contribution in [0.3, 0.4) is 0 Å². The molecule has 0 aliphatic carbocycles. The van der Waals surface area contributed by atoms with E-state index in [0.717, 1.165) is 6.42 Å². The maximum atomic E-state index is 11.9. The highest BCUT2D eigenvalue weighted by Crippen LogP contribution is 2.12. The van der Waals surface area contributed by atoms with Crippen LogP contribution in [0.1, 0.15) is 37.6 Å². The highest BCUT2D eigenvalue weighted by molar-refractivity contribution is 5.93. The maximum Gasteiger partial charge on any atom is 0.411 e. The van der Waals surface area contributed by atoms with Crippen molar-refractivity contribution in [1.82, 2.24) is 5.32 Å². The average molecular weight is 336 g/mol. The number of amides is 2. The zero-order chi connectivity index (χ0) is 17.9. The summed E-state index contributed by atoms with van der Waals surface area (Å²) in [4.78, 5) is 34.9. The first kappa shape index (κ1) is 19.5. The van der Waals surface area contributed by atoms with Gasteiger partial charge in [0.15, 0.2) is 6.61 Å². The van der Waals surface area contributed by atoms with E-state index in [0.29, 0.717) is 18.2 Å². The molecule has 0 atom stereocenters. The van der Waals surface area contributed by atoms with Gasteiger partial charge in [0.25, 0.3) is 5.91 Å². The van der Waals surface area contributed by atoms with E-state index < -0.39 is 12.1 Å². The Labute approximate surface area is 141 Å². The van der Waals surface area contributed by atoms with Gasteiger partial charge in [-0.3, -0.25) is 10.1 Å². The largest absolute Gasteiger partial charge is 0.452 e. The van der Waals surface area contributed by atoms with Crippen molar-refractivity contribution in [1.29, 1.82) is 0 Å². The fraction of sp³-hybridized carbons (Fsp3) is 0.471. The van der Waals surface area contributed by atoms with Crippen LogP contribution in [-0.2, 0) is 14.3 Å². The lowest BCUT2D eigenvalue weighted by molar-refractivity contribution is -0.124. The first-order valence-electron chi connectivity index (χ1n) is 7.90. The number of hydrogen-bond acceptors (Lipinski definition) is 5. The summed E-state index contributed by atoms with van der Waals surface area (Å²) in [5.41, 5.74) is 0.642. The molecule has 0 bridgehead atoms. The molecule has 0 spiro atoms. The number of hydrogen-bond donors (Lipinski definition) is 2. The van der Waals surface area contributed by atoms with Crippen LogP contribution in [0.5, 0.6) is 0 Å². The van der Waals surface area contributed by atoms with E-state index in [9.17, 15) is 14.4 Å². The molecule has 0 aromatic heterocycles. The van der Waals surface area contributed by atoms with Crippen molar-refractivity contribution in [2.24, 2.45) is 5.92 Å². The molecular weight excluding hydrogens is 312 g/mol. The minimum absolute atomic E-state index is 0.235. The third-order valence-corrected chi connectivity index (χ3v) is 3.00. The molecule has 0 unspecified atom stereocenters. The van der Waals surface area contributed by atoms with Crippen LogP contribution in [0, 0.1) is 5.92 Å². The summed E-state index contributed by atoms with van der Waals surface area (Å²) in [6.45, 7) is 6.27. The second-order valence-corrected chi connectivity index (χ2v) is 5.53. The third-order valence-electron chi connectivity index (χ3n) is 3.00. The molecule has 24 heavy (non-hydrogen) atoms. The fourth-order valence-electron chi connectivity index (χ4n) is 1.77. The van der Waals surface area contributed by atoms with Gasteiger partial charge >= 0.3 is 12.1 Å². The summed E-state index contributed by atoms with van der Waals surface area (Å²) < 4.78 is 9.72. The van der Waals surface area contributed by atoms with Crippen molar-refractivity contribution in [3.8, 4) is 0 Å². The molecule has 0 saturated carbocycles. The predicted molar refractivity (Wildman–Crippen MR) is 89.8 cm³/mol. The van der Waals surface area contributed by atoms with Crippen molar-refractivity contribution < 1.29 is 23.9 Å². The van der Waals surface area contributed by atoms with Crippen LogP contribution < -0.4 is 10.6 Å². The Bertz CT molecular complexity index is 572. The number of benzene rings is 1. The van der Waals surface area contributed by atoms with Crippen molar-refractivity contribution in [3.63, 3.8) is 0 Å². The molecule has 2 amide bonds. The molecule has 132 valence electrons. The quantitative estimate of drug-likeness (QED) is 0.712. The summed E-state index contributed by atoms with van der Waals surface area (Å²) in [6.07, 6.45) is 0.258. The van der Waals surface area contributed by atoms with E-state index in [4.69, 9.17) is 9.47 Å². The molecule has 1 aromatic carbocycles. The summed E-state index contributed by atoms with van der Waals surface area (Å²) in [5, 5.41) is 5.18. The van der Waals surface area contributed by atoms with Crippen LogP contribution in [0.4, 0.5) is 10.5 Å².